The minimum atomic E-state index is -1.28. The molecule has 0 saturated carbocycles. The van der Waals surface area contributed by atoms with Gasteiger partial charge in [-0.1, -0.05) is 30.7 Å². The Hall–Kier alpha value is -2.71. The highest BCUT2D eigenvalue weighted by Crippen LogP contribution is 2.45. The van der Waals surface area contributed by atoms with E-state index >= 15 is 0 Å². The predicted octanol–water partition coefficient (Wildman–Crippen LogP) is 3.08. The number of esters is 1. The van der Waals surface area contributed by atoms with E-state index in [1.807, 2.05) is 44.4 Å². The second-order valence-electron chi connectivity index (χ2n) is 8.46. The molecule has 1 aromatic heterocycles. The second-order valence-corrected chi connectivity index (χ2v) is 9.34. The van der Waals surface area contributed by atoms with Gasteiger partial charge in [-0.05, 0) is 44.2 Å². The fraction of sp³-hybridized carbons (Fsp3) is 0.458. The maximum Gasteiger partial charge on any atom is 0.341 e. The lowest BCUT2D eigenvalue weighted by Gasteiger charge is -2.27. The Labute approximate surface area is 190 Å². The van der Waals surface area contributed by atoms with Crippen molar-refractivity contribution in [3.8, 4) is 11.1 Å². The molecule has 0 unspecified atom stereocenters. The molecule has 8 heteroatoms. The molecule has 2 bridgehead atoms. The first-order chi connectivity index (χ1) is 15.3. The Morgan fingerprint density at radius 2 is 1.88 bits per heavy atom. The maximum absolute atomic E-state index is 13.1. The lowest BCUT2D eigenvalue weighted by Crippen LogP contribution is -2.46. The van der Waals surface area contributed by atoms with Gasteiger partial charge in [0.05, 0.1) is 24.7 Å². The highest BCUT2D eigenvalue weighted by molar-refractivity contribution is 7.15. The summed E-state index contributed by atoms with van der Waals surface area (Å²) in [6, 6.07) is 5.95. The van der Waals surface area contributed by atoms with Crippen LogP contribution in [0.1, 0.15) is 47.7 Å². The lowest BCUT2D eigenvalue weighted by molar-refractivity contribution is -0.313. The van der Waals surface area contributed by atoms with E-state index in [9.17, 15) is 19.5 Å². The number of amides is 1. The molecular weight excluding hydrogens is 430 g/mol. The molecule has 4 atom stereocenters. The monoisotopic (exact) mass is 456 g/mol. The number of hydrogen-bond acceptors (Lipinski definition) is 7. The maximum atomic E-state index is 13.1. The molecule has 170 valence electrons. The average molecular weight is 457 g/mol. The summed E-state index contributed by atoms with van der Waals surface area (Å²) in [7, 11) is 0. The minimum Gasteiger partial charge on any atom is -0.550 e. The number of fused-ring (bicyclic) bond motifs is 2. The zero-order valence-corrected chi connectivity index (χ0v) is 19.1. The smallest absolute Gasteiger partial charge is 0.341 e. The Morgan fingerprint density at radius 1 is 1.16 bits per heavy atom. The highest BCUT2D eigenvalue weighted by atomic mass is 32.1. The van der Waals surface area contributed by atoms with Crippen molar-refractivity contribution < 1.29 is 29.0 Å². The van der Waals surface area contributed by atoms with Crippen LogP contribution in [0.3, 0.4) is 0 Å². The molecule has 4 rings (SSSR count). The molecule has 2 aromatic rings. The van der Waals surface area contributed by atoms with Gasteiger partial charge in [0.1, 0.15) is 10.6 Å². The Kier molecular flexibility index (Phi) is 6.35. The van der Waals surface area contributed by atoms with Crippen LogP contribution in [-0.2, 0) is 19.1 Å². The molecule has 2 aliphatic rings. The zero-order valence-electron chi connectivity index (χ0n) is 18.3. The SMILES string of the molecule is CCCOC(=O)c1c(-c2ccc(C)cc2C)csc1NC(=O)[C@@H]1[C@@H](C(=O)[O-])[C@@H]2CC[C@H]1O2. The molecule has 3 heterocycles. The molecule has 2 saturated heterocycles. The molecule has 1 aromatic carbocycles. The summed E-state index contributed by atoms with van der Waals surface area (Å²) in [6.07, 6.45) is 0.973. The van der Waals surface area contributed by atoms with Crippen molar-refractivity contribution in [1.29, 1.82) is 0 Å². The van der Waals surface area contributed by atoms with Crippen molar-refractivity contribution in [2.24, 2.45) is 11.8 Å². The fourth-order valence-corrected chi connectivity index (χ4v) is 5.69. The first-order valence-electron chi connectivity index (χ1n) is 10.8. The quantitative estimate of drug-likeness (QED) is 0.642. The van der Waals surface area contributed by atoms with Crippen LogP contribution >= 0.6 is 11.3 Å². The first-order valence-corrected chi connectivity index (χ1v) is 11.7. The van der Waals surface area contributed by atoms with Gasteiger partial charge in [0.15, 0.2) is 0 Å². The number of aliphatic carboxylic acids is 1. The number of carbonyl (C=O) groups excluding carboxylic acids is 3. The number of ether oxygens (including phenoxy) is 2. The number of carboxylic acid groups (broad SMARTS) is 1. The number of thiophene rings is 1. The van der Waals surface area contributed by atoms with Crippen molar-refractivity contribution in [3.05, 3.63) is 40.3 Å². The molecule has 1 N–H and O–H groups in total. The van der Waals surface area contributed by atoms with Crippen LogP contribution in [-0.4, -0.2) is 36.7 Å². The van der Waals surface area contributed by atoms with Crippen LogP contribution in [0.25, 0.3) is 11.1 Å². The summed E-state index contributed by atoms with van der Waals surface area (Å²) >= 11 is 1.23. The van der Waals surface area contributed by atoms with E-state index in [1.54, 1.807) is 0 Å². The standard InChI is InChI=1S/C24H27NO6S/c1-4-9-30-24(29)18-15(14-6-5-12(2)10-13(14)3)11-32-22(18)25-21(26)19-16-7-8-17(31-16)20(19)23(27)28/h5-6,10-11,16-17,19-20H,4,7-9H2,1-3H3,(H,25,26)(H,27,28)/p-1/t16-,17+,19+,20+/m1/s1. The molecule has 0 radical (unpaired) electrons. The molecule has 0 spiro atoms. The van der Waals surface area contributed by atoms with Crippen molar-refractivity contribution >= 4 is 34.2 Å². The lowest BCUT2D eigenvalue weighted by atomic mass is 9.78. The summed E-state index contributed by atoms with van der Waals surface area (Å²) in [6.45, 7) is 6.14. The number of rotatable bonds is 7. The van der Waals surface area contributed by atoms with E-state index in [-0.39, 0.29) is 12.2 Å². The van der Waals surface area contributed by atoms with E-state index in [2.05, 4.69) is 5.32 Å². The normalized spacial score (nSPS) is 23.8. The van der Waals surface area contributed by atoms with E-state index in [0.717, 1.165) is 16.7 Å². The number of carbonyl (C=O) groups is 3. The van der Waals surface area contributed by atoms with Crippen LogP contribution in [0.15, 0.2) is 23.6 Å². The van der Waals surface area contributed by atoms with Crippen LogP contribution < -0.4 is 10.4 Å². The van der Waals surface area contributed by atoms with Crippen LogP contribution in [0, 0.1) is 25.7 Å². The van der Waals surface area contributed by atoms with Crippen molar-refractivity contribution in [3.63, 3.8) is 0 Å². The van der Waals surface area contributed by atoms with E-state index in [1.165, 1.54) is 11.3 Å². The van der Waals surface area contributed by atoms with E-state index < -0.39 is 41.9 Å². The third kappa shape index (κ3) is 4.04. The van der Waals surface area contributed by atoms with Gasteiger partial charge < -0.3 is 24.7 Å². The zero-order chi connectivity index (χ0) is 23.0. The fourth-order valence-electron chi connectivity index (χ4n) is 4.74. The third-order valence-electron chi connectivity index (χ3n) is 6.19. The average Bonchev–Trinajstić information content (AvgIpc) is 3.46. The van der Waals surface area contributed by atoms with Gasteiger partial charge >= 0.3 is 5.97 Å². The van der Waals surface area contributed by atoms with Gasteiger partial charge in [-0.15, -0.1) is 11.3 Å². The molecule has 2 fully saturated rings. The van der Waals surface area contributed by atoms with Crippen LogP contribution in [0.4, 0.5) is 5.00 Å². The summed E-state index contributed by atoms with van der Waals surface area (Å²) in [4.78, 5) is 37.8. The van der Waals surface area contributed by atoms with Crippen molar-refractivity contribution in [1.82, 2.24) is 0 Å². The predicted molar refractivity (Wildman–Crippen MR) is 118 cm³/mol. The van der Waals surface area contributed by atoms with Gasteiger partial charge in [-0.25, -0.2) is 4.79 Å². The molecule has 32 heavy (non-hydrogen) atoms. The summed E-state index contributed by atoms with van der Waals surface area (Å²) in [5.41, 5.74) is 3.97. The summed E-state index contributed by atoms with van der Waals surface area (Å²) < 4.78 is 11.1. The largest absolute Gasteiger partial charge is 0.550 e. The third-order valence-corrected chi connectivity index (χ3v) is 7.08. The van der Waals surface area contributed by atoms with Gasteiger partial charge in [-0.2, -0.15) is 0 Å². The van der Waals surface area contributed by atoms with Crippen LogP contribution in [0.2, 0.25) is 0 Å². The molecular formula is C24H26NO6S-. The number of carboxylic acids is 1. The Bertz CT molecular complexity index is 1060. The highest BCUT2D eigenvalue weighted by Gasteiger charge is 2.53. The number of hydrogen-bond donors (Lipinski definition) is 1. The second kappa shape index (κ2) is 9.03. The first kappa shape index (κ1) is 22.5. The Balaban J connectivity index is 1.68. The molecule has 1 amide bonds. The number of benzene rings is 1. The molecule has 2 aliphatic heterocycles. The van der Waals surface area contributed by atoms with Crippen molar-refractivity contribution in [2.75, 3.05) is 11.9 Å². The Morgan fingerprint density at radius 3 is 2.53 bits per heavy atom. The summed E-state index contributed by atoms with van der Waals surface area (Å²) in [5.74, 6) is -4.08. The van der Waals surface area contributed by atoms with E-state index in [0.29, 0.717) is 29.8 Å². The van der Waals surface area contributed by atoms with Gasteiger partial charge in [0.2, 0.25) is 5.91 Å². The van der Waals surface area contributed by atoms with Crippen molar-refractivity contribution in [2.45, 2.75) is 52.2 Å². The van der Waals surface area contributed by atoms with E-state index in [4.69, 9.17) is 9.47 Å². The van der Waals surface area contributed by atoms with Gasteiger partial charge in [0, 0.05) is 22.8 Å². The van der Waals surface area contributed by atoms with Gasteiger partial charge in [0.25, 0.3) is 0 Å². The number of aryl methyl sites for hydroxylation is 2. The van der Waals surface area contributed by atoms with Gasteiger partial charge in [-0.3, -0.25) is 4.79 Å². The number of anilines is 1. The topological polar surface area (TPSA) is 105 Å². The summed E-state index contributed by atoms with van der Waals surface area (Å²) in [5, 5.41) is 16.6. The molecule has 7 nitrogen and oxygen atoms in total. The number of nitrogens with one attached hydrogen (secondary N) is 1. The van der Waals surface area contributed by atoms with Crippen LogP contribution in [0.5, 0.6) is 0 Å². The molecule has 0 aliphatic carbocycles. The minimum absolute atomic E-state index is 0.265.